The van der Waals surface area contributed by atoms with Crippen LogP contribution in [0.15, 0.2) is 0 Å². The Hall–Kier alpha value is -3.90. The number of aliphatic carboxylic acids is 3. The number of carboxylic acids is 3. The predicted molar refractivity (Wildman–Crippen MR) is 332 cm³/mol. The fourth-order valence-corrected chi connectivity index (χ4v) is 7.82. The highest BCUT2D eigenvalue weighted by atomic mass is 32.2. The third kappa shape index (κ3) is 55.9. The summed E-state index contributed by atoms with van der Waals surface area (Å²) in [7, 11) is -9.27. The van der Waals surface area contributed by atoms with E-state index in [-0.39, 0.29) is 81.7 Å². The van der Waals surface area contributed by atoms with Gasteiger partial charge in [0.15, 0.2) is 35.3 Å². The Labute approximate surface area is 506 Å². The van der Waals surface area contributed by atoms with Crippen molar-refractivity contribution in [2.75, 3.05) is 23.9 Å². The molecule has 0 radical (unpaired) electrons. The summed E-state index contributed by atoms with van der Waals surface area (Å²) in [4.78, 5) is 93.2. The second-order valence-electron chi connectivity index (χ2n) is 24.2. The Morgan fingerprint density at radius 3 is 1.01 bits per heavy atom. The van der Waals surface area contributed by atoms with Crippen LogP contribution in [0.2, 0.25) is 0 Å². The van der Waals surface area contributed by atoms with Crippen molar-refractivity contribution < 1.29 is 97.2 Å². The molecule has 0 aliphatic heterocycles. The molecule has 0 heterocycles. The summed E-state index contributed by atoms with van der Waals surface area (Å²) >= 11 is 0. The lowest BCUT2D eigenvalue weighted by Gasteiger charge is -2.25. The van der Waals surface area contributed by atoms with E-state index < -0.39 is 75.5 Å². The minimum atomic E-state index is -3.17. The van der Waals surface area contributed by atoms with Crippen LogP contribution in [0.4, 0.5) is 8.78 Å². The maximum absolute atomic E-state index is 12.3. The highest BCUT2D eigenvalue weighted by molar-refractivity contribution is 7.92. The van der Waals surface area contributed by atoms with Crippen molar-refractivity contribution in [3.63, 3.8) is 0 Å². The lowest BCUT2D eigenvalue weighted by molar-refractivity contribution is -0.146. The molecule has 1 fully saturated rings. The molecule has 0 bridgehead atoms. The predicted octanol–water partition coefficient (Wildman–Crippen LogP) is 11.9. The van der Waals surface area contributed by atoms with E-state index in [2.05, 4.69) is 41.5 Å². The fourth-order valence-electron chi connectivity index (χ4n) is 4.97. The van der Waals surface area contributed by atoms with Crippen LogP contribution in [0.5, 0.6) is 0 Å². The van der Waals surface area contributed by atoms with Gasteiger partial charge in [0.05, 0.1) is 45.7 Å². The second-order valence-corrected chi connectivity index (χ2v) is 32.1. The van der Waals surface area contributed by atoms with Crippen LogP contribution in [-0.4, -0.2) is 145 Å². The van der Waals surface area contributed by atoms with Gasteiger partial charge >= 0.3 is 23.8 Å². The van der Waals surface area contributed by atoms with Crippen LogP contribution in [-0.2, 0) is 77.4 Å². The van der Waals surface area contributed by atoms with Crippen LogP contribution in [0.25, 0.3) is 0 Å². The van der Waals surface area contributed by atoms with Crippen molar-refractivity contribution in [1.82, 2.24) is 0 Å². The van der Waals surface area contributed by atoms with E-state index in [0.717, 1.165) is 32.6 Å². The molecule has 1 rings (SSSR count). The summed E-state index contributed by atoms with van der Waals surface area (Å²) in [6.45, 7) is 46.4. The van der Waals surface area contributed by atoms with Gasteiger partial charge in [0.25, 0.3) is 0 Å². The largest absolute Gasteiger partial charge is 0.481 e. The van der Waals surface area contributed by atoms with Gasteiger partial charge in [-0.05, 0) is 139 Å². The van der Waals surface area contributed by atoms with Gasteiger partial charge in [0.2, 0.25) is 0 Å². The first kappa shape index (κ1) is 96.4. The van der Waals surface area contributed by atoms with Crippen molar-refractivity contribution in [3.05, 3.63) is 0 Å². The van der Waals surface area contributed by atoms with Crippen LogP contribution in [0.3, 0.4) is 0 Å². The van der Waals surface area contributed by atoms with Gasteiger partial charge in [-0.2, -0.15) is 8.78 Å². The third-order valence-electron chi connectivity index (χ3n) is 13.3. The molecule has 1 aliphatic rings. The van der Waals surface area contributed by atoms with Crippen molar-refractivity contribution >= 4 is 82.1 Å². The van der Waals surface area contributed by atoms with Crippen LogP contribution < -0.4 is 0 Å². The van der Waals surface area contributed by atoms with E-state index in [4.69, 9.17) is 20.1 Å². The van der Waals surface area contributed by atoms with E-state index in [1.807, 2.05) is 27.7 Å². The van der Waals surface area contributed by atoms with E-state index >= 15 is 0 Å². The summed E-state index contributed by atoms with van der Waals surface area (Å²) in [5, 5.41) is 23.3. The Kier molecular flexibility index (Phi) is 54.2. The Morgan fingerprint density at radius 2 is 0.893 bits per heavy atom. The van der Waals surface area contributed by atoms with Crippen LogP contribution in [0, 0.1) is 46.3 Å². The van der Waals surface area contributed by atoms with Gasteiger partial charge < -0.3 is 29.6 Å². The first-order valence-electron chi connectivity index (χ1n) is 28.6. The average Bonchev–Trinajstić information content (AvgIpc) is 4.13. The minimum absolute atomic E-state index is 0.00565. The number of halogens is 2. The fraction of sp³-hybridized carbons (Fsp3) is 0.850. The molecule has 84 heavy (non-hydrogen) atoms. The molecule has 19 nitrogen and oxygen atoms in total. The molecule has 0 aromatic heterocycles. The summed E-state index contributed by atoms with van der Waals surface area (Å²) in [5.41, 5.74) is -0.0278. The highest BCUT2D eigenvalue weighted by Gasteiger charge is 2.49. The Bertz CT molecular complexity index is 2200. The molecule has 24 heteroatoms. The molecular formula is C60H116F2O19S3. The number of ketones is 6. The number of rotatable bonds is 26. The van der Waals surface area contributed by atoms with Crippen LogP contribution >= 0.6 is 0 Å². The topological polar surface area (TPSA) is 326 Å². The summed E-state index contributed by atoms with van der Waals surface area (Å²) < 4.78 is 95.5. The number of alkyl halides is 2. The van der Waals surface area contributed by atoms with Crippen molar-refractivity contribution in [2.24, 2.45) is 46.3 Å². The SMILES string of the molecule is CC(=O)C(C)(C)C(C)C.CC(=O)C(F)(F)C(C)C.CC(=O)C1(C(C)C)CC1.CC(=O)CCC(C)C.CC(=O)CCCS(=O)(=O)C(C)C.CC(=O)CS(=O)(=O)C(C)C.CC(C)C(C)C(=O)O.CC(C)OCC(=O)O.CC(C)S(=O)(=O)CCC(=O)O. The zero-order valence-corrected chi connectivity index (χ0v) is 58.9. The summed E-state index contributed by atoms with van der Waals surface area (Å²) in [6.07, 6.45) is 4.56. The number of Topliss-reactive ketones (excluding diaryl/α,β-unsaturated/α-hetero) is 6. The molecule has 1 saturated carbocycles. The zero-order chi connectivity index (χ0) is 69.5. The van der Waals surface area contributed by atoms with Gasteiger partial charge in [0.1, 0.15) is 41.3 Å². The molecule has 3 N–H and O–H groups in total. The van der Waals surface area contributed by atoms with E-state index in [9.17, 15) is 77.2 Å². The molecule has 0 aromatic rings. The average molecular weight is 1280 g/mol. The van der Waals surface area contributed by atoms with Gasteiger partial charge in [-0.15, -0.1) is 0 Å². The molecule has 1 aliphatic carbocycles. The van der Waals surface area contributed by atoms with Crippen molar-refractivity contribution in [3.8, 4) is 0 Å². The summed E-state index contributed by atoms with van der Waals surface area (Å²) in [6, 6.07) is 0. The molecular weight excluding hydrogens is 1160 g/mol. The molecule has 1 atom stereocenters. The lowest BCUT2D eigenvalue weighted by Crippen LogP contribution is -2.31. The summed E-state index contributed by atoms with van der Waals surface area (Å²) in [5.74, 6) is -5.85. The maximum atomic E-state index is 12.3. The van der Waals surface area contributed by atoms with Gasteiger partial charge in [-0.25, -0.2) is 30.0 Å². The molecule has 0 aromatic carbocycles. The highest BCUT2D eigenvalue weighted by Crippen LogP contribution is 2.52. The van der Waals surface area contributed by atoms with Gasteiger partial charge in [-0.1, -0.05) is 90.0 Å². The molecule has 0 spiro atoms. The number of carbonyl (C=O) groups excluding carboxylic acids is 6. The van der Waals surface area contributed by atoms with E-state index in [1.165, 1.54) is 41.5 Å². The first-order valence-corrected chi connectivity index (χ1v) is 33.7. The number of carboxylic acid groups (broad SMARTS) is 3. The quantitative estimate of drug-likeness (QED) is 0.0724. The number of carbonyl (C=O) groups is 9. The van der Waals surface area contributed by atoms with Gasteiger partial charge in [0, 0.05) is 36.5 Å². The smallest absolute Gasteiger partial charge is 0.329 e. The molecule has 1 unspecified atom stereocenters. The zero-order valence-electron chi connectivity index (χ0n) is 56.4. The Balaban J connectivity index is -0.000000129. The van der Waals surface area contributed by atoms with E-state index in [0.29, 0.717) is 42.2 Å². The second kappa shape index (κ2) is 47.2. The monoisotopic (exact) mass is 1270 g/mol. The lowest BCUT2D eigenvalue weighted by atomic mass is 9.78. The number of ether oxygens (including phenoxy) is 1. The number of sulfone groups is 3. The van der Waals surface area contributed by atoms with Crippen LogP contribution in [0.1, 0.15) is 232 Å². The van der Waals surface area contributed by atoms with Crippen molar-refractivity contribution in [2.45, 2.75) is 260 Å². The number of hydrogen-bond acceptors (Lipinski definition) is 16. The van der Waals surface area contributed by atoms with E-state index in [1.54, 1.807) is 69.2 Å². The van der Waals surface area contributed by atoms with Gasteiger partial charge in [-0.3, -0.25) is 28.8 Å². The molecule has 0 amide bonds. The Morgan fingerprint density at radius 1 is 0.512 bits per heavy atom. The van der Waals surface area contributed by atoms with Crippen molar-refractivity contribution in [1.29, 1.82) is 0 Å². The number of hydrogen-bond donors (Lipinski definition) is 3. The molecule has 0 saturated heterocycles. The standard InChI is InChI=1S/C8H16O3S.C8H14O.C8H16O.C7H14O.C6H10F2O.C6H12O4S.C6H12O3S.C6H12O2.C5H10O3/c1-7(2)12(10,11)6-4-5-8(3)9;1-6(2)8(4-5-8)7(3)9;1-6(2)8(4,5)7(3)9;1-6(2)4-5-7(3)8;1-4(2)6(7,8)5(3)9;1-5(2)11(9,10)4-3-6(7)8;1-5(2)10(8,9)4-6(3)7;1-4(2)5(3)6(7)8;1-4(2)8-3-5(6)7/h7H,4-6H2,1-3H3;6H,4-5H2,1-3H3;6H,1-5H3;6H,4-5H2,1-3H3;4H,1-3H3;5H,3-4H2,1-2H3,(H,7,8);5H,4H2,1-3H3;4-5H,1-3H3,(H,7,8);4H,3H2,1-2H3,(H,6,7). The normalized spacial score (nSPS) is 12.9. The molecule has 502 valence electrons. The maximum Gasteiger partial charge on any atom is 0.329 e. The minimum Gasteiger partial charge on any atom is -0.481 e. The first-order chi connectivity index (χ1) is 37.3. The third-order valence-corrected chi connectivity index (χ3v) is 20.0.